The lowest BCUT2D eigenvalue weighted by atomic mass is 10.2. The predicted molar refractivity (Wildman–Crippen MR) is 99.8 cm³/mol. The molecule has 0 unspecified atom stereocenters. The van der Waals surface area contributed by atoms with Gasteiger partial charge in [-0.15, -0.1) is 0 Å². The maximum absolute atomic E-state index is 13.0. The molecule has 1 saturated heterocycles. The number of benzene rings is 1. The smallest absolute Gasteiger partial charge is 0.339 e. The van der Waals surface area contributed by atoms with Crippen LogP contribution in [0.4, 0.5) is 13.2 Å². The third kappa shape index (κ3) is 4.57. The van der Waals surface area contributed by atoms with Crippen molar-refractivity contribution in [2.45, 2.75) is 31.2 Å². The number of carbonyl (C=O) groups is 1. The first kappa shape index (κ1) is 20.0. The number of aromatic nitrogens is 2. The van der Waals surface area contributed by atoms with Crippen molar-refractivity contribution >= 4 is 28.7 Å². The van der Waals surface area contributed by atoms with Crippen LogP contribution in [0.3, 0.4) is 0 Å². The zero-order chi connectivity index (χ0) is 19.6. The second-order valence-corrected chi connectivity index (χ2v) is 7.66. The maximum atomic E-state index is 13.0. The van der Waals surface area contributed by atoms with Crippen molar-refractivity contribution in [3.05, 3.63) is 23.8 Å². The third-order valence-electron chi connectivity index (χ3n) is 4.67. The highest BCUT2D eigenvalue weighted by atomic mass is 32.2. The molecule has 3 rings (SSSR count). The number of aryl methyl sites for hydroxylation is 1. The zero-order valence-electron chi connectivity index (χ0n) is 15.4. The summed E-state index contributed by atoms with van der Waals surface area (Å²) in [6.07, 6.45) is -3.62. The first-order valence-electron chi connectivity index (χ1n) is 8.96. The Hall–Kier alpha value is -1.74. The molecule has 1 aliphatic rings. The summed E-state index contributed by atoms with van der Waals surface area (Å²) in [5.74, 6) is 0.280. The lowest BCUT2D eigenvalue weighted by Gasteiger charge is -2.32. The summed E-state index contributed by atoms with van der Waals surface area (Å²) < 4.78 is 40.9. The van der Waals surface area contributed by atoms with Crippen molar-refractivity contribution in [2.75, 3.05) is 39.0 Å². The molecule has 9 heteroatoms. The van der Waals surface area contributed by atoms with Gasteiger partial charge in [0.15, 0.2) is 5.16 Å². The summed E-state index contributed by atoms with van der Waals surface area (Å²) in [6, 6.07) is 3.59. The van der Waals surface area contributed by atoms with Crippen molar-refractivity contribution in [2.24, 2.45) is 0 Å². The van der Waals surface area contributed by atoms with Gasteiger partial charge in [-0.05, 0) is 31.7 Å². The highest BCUT2D eigenvalue weighted by molar-refractivity contribution is 7.99. The number of carbonyl (C=O) groups excluding carboxylic acids is 1. The largest absolute Gasteiger partial charge is 0.416 e. The van der Waals surface area contributed by atoms with Crippen LogP contribution in [0.2, 0.25) is 0 Å². The monoisotopic (exact) mass is 400 g/mol. The Morgan fingerprint density at radius 1 is 1.22 bits per heavy atom. The summed E-state index contributed by atoms with van der Waals surface area (Å²) in [7, 11) is 2.03. The van der Waals surface area contributed by atoms with Crippen molar-refractivity contribution in [3.63, 3.8) is 0 Å². The average Bonchev–Trinajstić information content (AvgIpc) is 2.97. The fraction of sp³-hybridized carbons (Fsp3) is 0.556. The van der Waals surface area contributed by atoms with Crippen LogP contribution in [0.5, 0.6) is 0 Å². The van der Waals surface area contributed by atoms with Gasteiger partial charge in [-0.1, -0.05) is 18.7 Å². The standard InChI is InChI=1S/C18H23F3N4OS/c1-3-6-25-15-11-13(18(19,20)21)4-5-14(15)22-17(25)27-12-16(26)24-9-7-23(2)8-10-24/h4-5,11H,3,6-10,12H2,1-2H3. The molecule has 5 nitrogen and oxygen atoms in total. The van der Waals surface area contributed by atoms with Crippen LogP contribution in [-0.2, 0) is 17.5 Å². The van der Waals surface area contributed by atoms with E-state index < -0.39 is 11.7 Å². The van der Waals surface area contributed by atoms with Crippen LogP contribution in [0, 0.1) is 0 Å². The molecule has 0 spiro atoms. The van der Waals surface area contributed by atoms with Gasteiger partial charge in [-0.2, -0.15) is 13.2 Å². The van der Waals surface area contributed by atoms with Crippen LogP contribution in [0.15, 0.2) is 23.4 Å². The van der Waals surface area contributed by atoms with E-state index in [-0.39, 0.29) is 11.7 Å². The molecule has 2 aromatic rings. The summed E-state index contributed by atoms with van der Waals surface area (Å²) in [4.78, 5) is 20.9. The molecule has 0 saturated carbocycles. The summed E-state index contributed by atoms with van der Waals surface area (Å²) in [5.41, 5.74) is 0.296. The van der Waals surface area contributed by atoms with E-state index in [1.54, 1.807) is 4.57 Å². The number of piperazine rings is 1. The number of thioether (sulfide) groups is 1. The molecule has 1 aromatic carbocycles. The molecule has 148 valence electrons. The lowest BCUT2D eigenvalue weighted by Crippen LogP contribution is -2.47. The van der Waals surface area contributed by atoms with Gasteiger partial charge in [-0.3, -0.25) is 4.79 Å². The topological polar surface area (TPSA) is 41.4 Å². The summed E-state index contributed by atoms with van der Waals surface area (Å²) >= 11 is 1.29. The molecule has 1 fully saturated rings. The molecule has 2 heterocycles. The number of alkyl halides is 3. The molecular formula is C18H23F3N4OS. The summed E-state index contributed by atoms with van der Waals surface area (Å²) in [5, 5.41) is 0.591. The highest BCUT2D eigenvalue weighted by Gasteiger charge is 2.31. The maximum Gasteiger partial charge on any atom is 0.416 e. The van der Waals surface area contributed by atoms with E-state index >= 15 is 0 Å². The van der Waals surface area contributed by atoms with Gasteiger partial charge >= 0.3 is 6.18 Å². The van der Waals surface area contributed by atoms with Crippen molar-refractivity contribution in [3.8, 4) is 0 Å². The second-order valence-electron chi connectivity index (χ2n) is 6.72. The van der Waals surface area contributed by atoms with Gasteiger partial charge in [0.25, 0.3) is 0 Å². The Morgan fingerprint density at radius 3 is 2.56 bits per heavy atom. The van der Waals surface area contributed by atoms with Crippen LogP contribution in [0.25, 0.3) is 11.0 Å². The first-order valence-corrected chi connectivity index (χ1v) is 9.94. The number of imidazole rings is 1. The number of fused-ring (bicyclic) bond motifs is 1. The molecule has 0 aliphatic carbocycles. The minimum absolute atomic E-state index is 0.0409. The normalized spacial score (nSPS) is 16.3. The van der Waals surface area contributed by atoms with E-state index in [0.29, 0.717) is 35.8 Å². The van der Waals surface area contributed by atoms with Crippen LogP contribution in [-0.4, -0.2) is 64.2 Å². The number of halogens is 3. The first-order chi connectivity index (χ1) is 12.8. The number of likely N-dealkylation sites (N-methyl/N-ethyl adjacent to an activating group) is 1. The van der Waals surface area contributed by atoms with Crippen LogP contribution < -0.4 is 0 Å². The Bertz CT molecular complexity index is 813. The van der Waals surface area contributed by atoms with Gasteiger partial charge in [0.1, 0.15) is 0 Å². The van der Waals surface area contributed by atoms with Crippen molar-refractivity contribution in [1.82, 2.24) is 19.4 Å². The molecule has 1 aromatic heterocycles. The Labute approximate surface area is 160 Å². The minimum atomic E-state index is -4.39. The lowest BCUT2D eigenvalue weighted by molar-refractivity contribution is -0.137. The quantitative estimate of drug-likeness (QED) is 0.722. The van der Waals surface area contributed by atoms with E-state index in [9.17, 15) is 18.0 Å². The van der Waals surface area contributed by atoms with E-state index in [1.807, 2.05) is 18.9 Å². The minimum Gasteiger partial charge on any atom is -0.339 e. The van der Waals surface area contributed by atoms with Gasteiger partial charge in [-0.25, -0.2) is 4.98 Å². The SMILES string of the molecule is CCCn1c(SCC(=O)N2CCN(C)CC2)nc2ccc(C(F)(F)F)cc21. The van der Waals surface area contributed by atoms with E-state index in [0.717, 1.165) is 31.6 Å². The fourth-order valence-corrected chi connectivity index (χ4v) is 4.04. The van der Waals surface area contributed by atoms with Crippen LogP contribution in [0.1, 0.15) is 18.9 Å². The van der Waals surface area contributed by atoms with E-state index in [1.165, 1.54) is 17.8 Å². The fourth-order valence-electron chi connectivity index (χ4n) is 3.10. The van der Waals surface area contributed by atoms with Gasteiger partial charge in [0.05, 0.1) is 22.3 Å². The number of hydrogen-bond donors (Lipinski definition) is 0. The predicted octanol–water partition coefficient (Wildman–Crippen LogP) is 3.33. The average molecular weight is 400 g/mol. The van der Waals surface area contributed by atoms with Gasteiger partial charge in [0.2, 0.25) is 5.91 Å². The van der Waals surface area contributed by atoms with Crippen LogP contribution >= 0.6 is 11.8 Å². The number of nitrogens with zero attached hydrogens (tertiary/aromatic N) is 4. The van der Waals surface area contributed by atoms with Crippen molar-refractivity contribution < 1.29 is 18.0 Å². The molecule has 0 N–H and O–H groups in total. The molecule has 0 bridgehead atoms. The van der Waals surface area contributed by atoms with Gasteiger partial charge < -0.3 is 14.4 Å². The molecule has 1 aliphatic heterocycles. The zero-order valence-corrected chi connectivity index (χ0v) is 16.2. The Kier molecular flexibility index (Phi) is 6.00. The van der Waals surface area contributed by atoms with Gasteiger partial charge in [0, 0.05) is 32.7 Å². The number of amides is 1. The van der Waals surface area contributed by atoms with E-state index in [4.69, 9.17) is 0 Å². The summed E-state index contributed by atoms with van der Waals surface area (Å²) in [6.45, 7) is 5.63. The molecular weight excluding hydrogens is 377 g/mol. The molecule has 27 heavy (non-hydrogen) atoms. The number of hydrogen-bond acceptors (Lipinski definition) is 4. The van der Waals surface area contributed by atoms with Crippen molar-refractivity contribution in [1.29, 1.82) is 0 Å². The number of rotatable bonds is 5. The molecule has 0 atom stereocenters. The third-order valence-corrected chi connectivity index (χ3v) is 5.63. The Morgan fingerprint density at radius 2 is 1.93 bits per heavy atom. The Balaban J connectivity index is 1.79. The second kappa shape index (κ2) is 8.10. The molecule has 1 amide bonds. The molecule has 0 radical (unpaired) electrons. The highest BCUT2D eigenvalue weighted by Crippen LogP contribution is 2.33. The van der Waals surface area contributed by atoms with E-state index in [2.05, 4.69) is 9.88 Å².